The number of piperidine rings is 1. The molecule has 3 nitrogen and oxygen atoms in total. The van der Waals surface area contributed by atoms with Crippen LogP contribution in [-0.4, -0.2) is 42.4 Å². The zero-order chi connectivity index (χ0) is 14.5. The Morgan fingerprint density at radius 2 is 1.90 bits per heavy atom. The molecule has 1 unspecified atom stereocenters. The lowest BCUT2D eigenvalue weighted by atomic mass is 9.98. The third-order valence-electron chi connectivity index (χ3n) is 4.36. The second kappa shape index (κ2) is 7.00. The summed E-state index contributed by atoms with van der Waals surface area (Å²) in [6, 6.07) is 8.42. The van der Waals surface area contributed by atoms with E-state index in [2.05, 4.69) is 17.1 Å². The fourth-order valence-corrected chi connectivity index (χ4v) is 3.10. The fraction of sp³-hybridized carbons (Fsp3) is 0.588. The predicted octanol–water partition coefficient (Wildman–Crippen LogP) is 2.64. The summed E-state index contributed by atoms with van der Waals surface area (Å²) < 4.78 is 0. The molecule has 20 heavy (non-hydrogen) atoms. The molecule has 1 N–H and O–H groups in total. The number of nitrogens with zero attached hydrogens (tertiary/aromatic N) is 1. The zero-order valence-electron chi connectivity index (χ0n) is 12.9. The van der Waals surface area contributed by atoms with E-state index < -0.39 is 0 Å². The van der Waals surface area contributed by atoms with Crippen LogP contribution in [0.3, 0.4) is 0 Å². The Hall–Kier alpha value is -1.19. The first kappa shape index (κ1) is 15.2. The predicted molar refractivity (Wildman–Crippen MR) is 83.2 cm³/mol. The van der Waals surface area contributed by atoms with Crippen molar-refractivity contribution in [1.82, 2.24) is 10.2 Å². The summed E-state index contributed by atoms with van der Waals surface area (Å²) in [7, 11) is 0. The van der Waals surface area contributed by atoms with Gasteiger partial charge >= 0.3 is 0 Å². The number of carbonyl (C=O) groups is 1. The molecule has 1 aromatic carbocycles. The van der Waals surface area contributed by atoms with Crippen molar-refractivity contribution in [2.75, 3.05) is 19.6 Å². The quantitative estimate of drug-likeness (QED) is 0.838. The normalized spacial score (nSPS) is 18.2. The van der Waals surface area contributed by atoms with Crippen molar-refractivity contribution in [3.63, 3.8) is 0 Å². The number of ketones is 1. The van der Waals surface area contributed by atoms with Gasteiger partial charge in [0.05, 0.1) is 6.04 Å². The molecule has 0 radical (unpaired) electrons. The van der Waals surface area contributed by atoms with E-state index in [1.54, 1.807) is 0 Å². The Labute approximate surface area is 122 Å². The van der Waals surface area contributed by atoms with Crippen LogP contribution < -0.4 is 5.32 Å². The Morgan fingerprint density at radius 1 is 1.30 bits per heavy atom. The number of nitrogens with one attached hydrogen (secondary N) is 1. The maximum Gasteiger partial charge on any atom is 0.179 e. The second-order valence-corrected chi connectivity index (χ2v) is 5.72. The molecule has 0 aromatic heterocycles. The van der Waals surface area contributed by atoms with Gasteiger partial charge in [-0.2, -0.15) is 0 Å². The monoisotopic (exact) mass is 274 g/mol. The number of aryl methyl sites for hydroxylation is 1. The number of benzene rings is 1. The van der Waals surface area contributed by atoms with E-state index in [1.165, 1.54) is 5.56 Å². The highest BCUT2D eigenvalue weighted by Crippen LogP contribution is 2.18. The van der Waals surface area contributed by atoms with Crippen molar-refractivity contribution in [2.45, 2.75) is 45.7 Å². The Balaban J connectivity index is 2.08. The first-order chi connectivity index (χ1) is 9.63. The number of hydrogen-bond donors (Lipinski definition) is 1. The highest BCUT2D eigenvalue weighted by atomic mass is 16.1. The van der Waals surface area contributed by atoms with Crippen LogP contribution in [0.4, 0.5) is 0 Å². The van der Waals surface area contributed by atoms with Crippen LogP contribution in [0.1, 0.15) is 42.6 Å². The molecule has 1 aliphatic heterocycles. The lowest BCUT2D eigenvalue weighted by Crippen LogP contribution is -2.49. The summed E-state index contributed by atoms with van der Waals surface area (Å²) in [6.07, 6.45) is 2.28. The van der Waals surface area contributed by atoms with Gasteiger partial charge in [-0.3, -0.25) is 9.69 Å². The highest BCUT2D eigenvalue weighted by Gasteiger charge is 2.28. The third kappa shape index (κ3) is 3.47. The van der Waals surface area contributed by atoms with Gasteiger partial charge in [0.15, 0.2) is 5.78 Å². The van der Waals surface area contributed by atoms with E-state index in [0.717, 1.165) is 38.0 Å². The van der Waals surface area contributed by atoms with Gasteiger partial charge in [0.25, 0.3) is 0 Å². The van der Waals surface area contributed by atoms with Gasteiger partial charge in [0.1, 0.15) is 0 Å². The molecule has 0 amide bonds. The molecule has 2 rings (SSSR count). The van der Waals surface area contributed by atoms with Gasteiger partial charge in [0.2, 0.25) is 0 Å². The van der Waals surface area contributed by atoms with Crippen molar-refractivity contribution in [3.8, 4) is 0 Å². The summed E-state index contributed by atoms with van der Waals surface area (Å²) in [5, 5.41) is 3.39. The van der Waals surface area contributed by atoms with Crippen molar-refractivity contribution in [2.24, 2.45) is 0 Å². The smallest absolute Gasteiger partial charge is 0.179 e. The minimum absolute atomic E-state index is 0.0363. The minimum Gasteiger partial charge on any atom is -0.317 e. The van der Waals surface area contributed by atoms with Crippen LogP contribution in [0.2, 0.25) is 0 Å². The molecule has 1 atom stereocenters. The van der Waals surface area contributed by atoms with Gasteiger partial charge in [-0.15, -0.1) is 0 Å². The Bertz CT molecular complexity index is 435. The molecule has 0 aliphatic carbocycles. The molecule has 110 valence electrons. The highest BCUT2D eigenvalue weighted by molar-refractivity contribution is 5.99. The van der Waals surface area contributed by atoms with E-state index in [9.17, 15) is 4.79 Å². The number of rotatable bonds is 5. The van der Waals surface area contributed by atoms with Gasteiger partial charge in [-0.25, -0.2) is 0 Å². The molecule has 0 bridgehead atoms. The summed E-state index contributed by atoms with van der Waals surface area (Å²) in [5.41, 5.74) is 2.02. The van der Waals surface area contributed by atoms with Crippen LogP contribution in [0, 0.1) is 6.92 Å². The Morgan fingerprint density at radius 3 is 2.45 bits per heavy atom. The Kier molecular flexibility index (Phi) is 5.32. The maximum atomic E-state index is 12.6. The standard InChI is InChI=1S/C17H26N2O/c1-4-19(16-9-11-18-12-10-16)14(3)17(20)15-7-5-13(2)6-8-15/h5-8,14,16,18H,4,9-12H2,1-3H3. The number of hydrogen-bond acceptors (Lipinski definition) is 3. The topological polar surface area (TPSA) is 32.3 Å². The van der Waals surface area contributed by atoms with E-state index in [0.29, 0.717) is 6.04 Å². The largest absolute Gasteiger partial charge is 0.317 e. The molecule has 1 fully saturated rings. The van der Waals surface area contributed by atoms with Crippen LogP contribution in [0.25, 0.3) is 0 Å². The van der Waals surface area contributed by atoms with Crippen molar-refractivity contribution < 1.29 is 4.79 Å². The van der Waals surface area contributed by atoms with Gasteiger partial charge in [0, 0.05) is 11.6 Å². The first-order valence-corrected chi connectivity index (χ1v) is 7.70. The first-order valence-electron chi connectivity index (χ1n) is 7.70. The molecular formula is C17H26N2O. The van der Waals surface area contributed by atoms with Crippen molar-refractivity contribution >= 4 is 5.78 Å². The average molecular weight is 274 g/mol. The summed E-state index contributed by atoms with van der Waals surface area (Å²) in [5.74, 6) is 0.241. The molecule has 0 saturated carbocycles. The van der Waals surface area contributed by atoms with E-state index in [1.807, 2.05) is 38.1 Å². The summed E-state index contributed by atoms with van der Waals surface area (Å²) >= 11 is 0. The minimum atomic E-state index is -0.0363. The molecule has 3 heteroatoms. The lowest BCUT2D eigenvalue weighted by molar-refractivity contribution is 0.0728. The van der Waals surface area contributed by atoms with Crippen LogP contribution in [0.5, 0.6) is 0 Å². The van der Waals surface area contributed by atoms with E-state index in [4.69, 9.17) is 0 Å². The summed E-state index contributed by atoms with van der Waals surface area (Å²) in [4.78, 5) is 15.0. The lowest BCUT2D eigenvalue weighted by Gasteiger charge is -2.37. The maximum absolute atomic E-state index is 12.6. The van der Waals surface area contributed by atoms with Crippen LogP contribution in [-0.2, 0) is 0 Å². The second-order valence-electron chi connectivity index (χ2n) is 5.72. The average Bonchev–Trinajstić information content (AvgIpc) is 2.49. The van der Waals surface area contributed by atoms with E-state index in [-0.39, 0.29) is 11.8 Å². The van der Waals surface area contributed by atoms with Gasteiger partial charge in [-0.05, 0) is 46.3 Å². The number of carbonyl (C=O) groups excluding carboxylic acids is 1. The van der Waals surface area contributed by atoms with Crippen molar-refractivity contribution in [1.29, 1.82) is 0 Å². The number of likely N-dealkylation sites (N-methyl/N-ethyl adjacent to an activating group) is 1. The van der Waals surface area contributed by atoms with Crippen LogP contribution in [0.15, 0.2) is 24.3 Å². The van der Waals surface area contributed by atoms with E-state index >= 15 is 0 Å². The zero-order valence-corrected chi connectivity index (χ0v) is 12.9. The van der Waals surface area contributed by atoms with Gasteiger partial charge in [-0.1, -0.05) is 36.8 Å². The molecule has 1 aromatic rings. The fourth-order valence-electron chi connectivity index (χ4n) is 3.10. The van der Waals surface area contributed by atoms with Gasteiger partial charge < -0.3 is 5.32 Å². The number of Topliss-reactive ketones (excluding diaryl/α,β-unsaturated/α-hetero) is 1. The van der Waals surface area contributed by atoms with Crippen LogP contribution >= 0.6 is 0 Å². The van der Waals surface area contributed by atoms with Crippen molar-refractivity contribution in [3.05, 3.63) is 35.4 Å². The molecule has 1 saturated heterocycles. The third-order valence-corrected chi connectivity index (χ3v) is 4.36. The molecular weight excluding hydrogens is 248 g/mol. The molecule has 0 spiro atoms. The molecule has 1 aliphatic rings. The molecule has 1 heterocycles. The SMILES string of the molecule is CCN(C1CCNCC1)C(C)C(=O)c1ccc(C)cc1. The summed E-state index contributed by atoms with van der Waals surface area (Å²) in [6.45, 7) is 9.31.